The van der Waals surface area contributed by atoms with Crippen LogP contribution >= 0.6 is 11.6 Å². The minimum absolute atomic E-state index is 0.757. The highest BCUT2D eigenvalue weighted by atomic mass is 35.5. The van der Waals surface area contributed by atoms with Crippen molar-refractivity contribution in [1.29, 1.82) is 0 Å². The van der Waals surface area contributed by atoms with Gasteiger partial charge in [0.2, 0.25) is 0 Å². The fraction of sp³-hybridized carbons (Fsp3) is 0.167. The number of nitrogens with zero attached hydrogens (tertiary/aromatic N) is 1. The summed E-state index contributed by atoms with van der Waals surface area (Å²) in [4.78, 5) is 0. The molecule has 1 nitrogen and oxygen atoms in total. The quantitative estimate of drug-likeness (QED) is 0.271. The molecule has 0 fully saturated rings. The van der Waals surface area contributed by atoms with E-state index in [1.807, 2.05) is 36.0 Å². The number of hydrogen-bond donors (Lipinski definition) is 0. The molecule has 1 rings (SSSR count). The molecular formula is C6H7BClF4N. The summed E-state index contributed by atoms with van der Waals surface area (Å²) in [6.45, 7) is 0. The maximum absolute atomic E-state index is 9.75. The van der Waals surface area contributed by atoms with Crippen LogP contribution < -0.4 is 4.57 Å². The van der Waals surface area contributed by atoms with Gasteiger partial charge in [-0.3, -0.25) is 0 Å². The molecule has 13 heavy (non-hydrogen) atoms. The van der Waals surface area contributed by atoms with Crippen LogP contribution in [0.1, 0.15) is 0 Å². The number of aryl methyl sites for hydroxylation is 1. The molecule has 0 amide bonds. The van der Waals surface area contributed by atoms with Crippen LogP contribution in [0.25, 0.3) is 0 Å². The maximum Gasteiger partial charge on any atom is 0.673 e. The lowest BCUT2D eigenvalue weighted by atomic mass is 10.3. The highest BCUT2D eigenvalue weighted by molar-refractivity contribution is 6.50. The Hall–Kier alpha value is -0.775. The molecule has 0 atom stereocenters. The van der Waals surface area contributed by atoms with E-state index in [0.717, 1.165) is 5.15 Å². The second kappa shape index (κ2) is 5.06. The zero-order valence-electron chi connectivity index (χ0n) is 6.72. The molecule has 0 aromatic carbocycles. The number of pyridine rings is 1. The molecule has 0 saturated carbocycles. The van der Waals surface area contributed by atoms with E-state index >= 15 is 0 Å². The molecule has 0 bridgehead atoms. The van der Waals surface area contributed by atoms with Gasteiger partial charge in [0.15, 0.2) is 6.20 Å². The maximum atomic E-state index is 9.75. The lowest BCUT2D eigenvalue weighted by Crippen LogP contribution is -2.27. The highest BCUT2D eigenvalue weighted by Gasteiger charge is 2.20. The lowest BCUT2D eigenvalue weighted by Gasteiger charge is -1.94. The van der Waals surface area contributed by atoms with Crippen molar-refractivity contribution in [2.24, 2.45) is 7.05 Å². The molecule has 1 heterocycles. The van der Waals surface area contributed by atoms with Crippen molar-refractivity contribution in [2.45, 2.75) is 0 Å². The van der Waals surface area contributed by atoms with Crippen LogP contribution in [0, 0.1) is 0 Å². The van der Waals surface area contributed by atoms with Crippen molar-refractivity contribution in [1.82, 2.24) is 0 Å². The molecule has 0 N–H and O–H groups in total. The van der Waals surface area contributed by atoms with Gasteiger partial charge in [-0.15, -0.1) is 0 Å². The van der Waals surface area contributed by atoms with E-state index in [0.29, 0.717) is 0 Å². The minimum Gasteiger partial charge on any atom is -0.418 e. The normalized spacial score (nSPS) is 10.3. The van der Waals surface area contributed by atoms with E-state index in [9.17, 15) is 17.3 Å². The van der Waals surface area contributed by atoms with Crippen LogP contribution in [0.3, 0.4) is 0 Å². The van der Waals surface area contributed by atoms with Gasteiger partial charge < -0.3 is 17.3 Å². The molecule has 0 aliphatic carbocycles. The average molecular weight is 215 g/mol. The van der Waals surface area contributed by atoms with Crippen molar-refractivity contribution in [3.05, 3.63) is 29.5 Å². The topological polar surface area (TPSA) is 3.88 Å². The van der Waals surface area contributed by atoms with Gasteiger partial charge in [0.25, 0.3) is 5.15 Å². The first-order chi connectivity index (χ1) is 5.80. The van der Waals surface area contributed by atoms with Crippen LogP contribution in [-0.2, 0) is 7.05 Å². The molecule has 0 spiro atoms. The monoisotopic (exact) mass is 215 g/mol. The smallest absolute Gasteiger partial charge is 0.418 e. The zero-order valence-corrected chi connectivity index (χ0v) is 7.48. The fourth-order valence-electron chi connectivity index (χ4n) is 0.503. The van der Waals surface area contributed by atoms with Crippen LogP contribution in [0.4, 0.5) is 17.3 Å². The third kappa shape index (κ3) is 9.14. The molecule has 0 aliphatic rings. The van der Waals surface area contributed by atoms with Gasteiger partial charge >= 0.3 is 7.25 Å². The molecule has 0 aliphatic heterocycles. The van der Waals surface area contributed by atoms with Crippen molar-refractivity contribution in [3.63, 3.8) is 0 Å². The molecule has 1 aromatic heterocycles. The van der Waals surface area contributed by atoms with Crippen molar-refractivity contribution < 1.29 is 21.8 Å². The summed E-state index contributed by atoms with van der Waals surface area (Å²) in [6.07, 6.45) is 1.91. The standard InChI is InChI=1S/C6H7ClN.BF4/c1-8-5-3-2-4-6(8)7;2-1(3,4)5/h2-5H,1H3;/q+1;-1. The van der Waals surface area contributed by atoms with Gasteiger partial charge in [-0.2, -0.15) is 4.57 Å². The summed E-state index contributed by atoms with van der Waals surface area (Å²) in [6, 6.07) is 5.69. The Morgan fingerprint density at radius 3 is 1.92 bits per heavy atom. The van der Waals surface area contributed by atoms with Gasteiger partial charge in [-0.1, -0.05) is 0 Å². The molecule has 74 valence electrons. The Morgan fingerprint density at radius 2 is 1.69 bits per heavy atom. The second-order valence-electron chi connectivity index (χ2n) is 2.13. The second-order valence-corrected chi connectivity index (χ2v) is 2.52. The van der Waals surface area contributed by atoms with Gasteiger partial charge in [-0.05, 0) is 17.7 Å². The number of halogens is 5. The average Bonchev–Trinajstić information content (AvgIpc) is 1.92. The van der Waals surface area contributed by atoms with E-state index in [1.165, 1.54) is 0 Å². The Balaban J connectivity index is 0.000000252. The van der Waals surface area contributed by atoms with Gasteiger partial charge in [0, 0.05) is 12.1 Å². The number of aromatic nitrogens is 1. The molecular weight excluding hydrogens is 208 g/mol. The molecule has 0 unspecified atom stereocenters. The largest absolute Gasteiger partial charge is 0.673 e. The predicted octanol–water partition coefficient (Wildman–Crippen LogP) is 2.46. The Bertz CT molecular complexity index is 238. The van der Waals surface area contributed by atoms with Crippen LogP contribution in [-0.4, -0.2) is 7.25 Å². The lowest BCUT2D eigenvalue weighted by molar-refractivity contribution is -0.669. The summed E-state index contributed by atoms with van der Waals surface area (Å²) < 4.78 is 40.8. The first-order valence-corrected chi connectivity index (χ1v) is 3.66. The molecule has 1 aromatic rings. The first kappa shape index (κ1) is 12.2. The molecule has 0 saturated heterocycles. The van der Waals surface area contributed by atoms with Crippen molar-refractivity contribution in [2.75, 3.05) is 0 Å². The first-order valence-electron chi connectivity index (χ1n) is 3.28. The summed E-state index contributed by atoms with van der Waals surface area (Å²) in [5.41, 5.74) is 0. The van der Waals surface area contributed by atoms with E-state index in [-0.39, 0.29) is 0 Å². The SMILES string of the molecule is C[n+]1ccccc1Cl.F[B-](F)(F)F. The Kier molecular flexibility index (Phi) is 4.76. The van der Waals surface area contributed by atoms with Crippen LogP contribution in [0.5, 0.6) is 0 Å². The summed E-state index contributed by atoms with van der Waals surface area (Å²) >= 11 is 5.67. The summed E-state index contributed by atoms with van der Waals surface area (Å²) in [5, 5.41) is 0.757. The predicted molar refractivity (Wildman–Crippen MR) is 42.8 cm³/mol. The van der Waals surface area contributed by atoms with E-state index in [2.05, 4.69) is 0 Å². The van der Waals surface area contributed by atoms with Crippen LogP contribution in [0.2, 0.25) is 5.15 Å². The van der Waals surface area contributed by atoms with Crippen LogP contribution in [0.15, 0.2) is 24.4 Å². The van der Waals surface area contributed by atoms with Crippen molar-refractivity contribution >= 4 is 18.9 Å². The Labute approximate surface area is 78.1 Å². The van der Waals surface area contributed by atoms with E-state index in [1.54, 1.807) is 0 Å². The fourth-order valence-corrected chi connectivity index (χ4v) is 0.632. The number of rotatable bonds is 0. The third-order valence-electron chi connectivity index (χ3n) is 0.991. The van der Waals surface area contributed by atoms with Gasteiger partial charge in [0.05, 0.1) is 0 Å². The minimum atomic E-state index is -6.00. The zero-order chi connectivity index (χ0) is 10.5. The third-order valence-corrected chi connectivity index (χ3v) is 1.38. The molecule has 0 radical (unpaired) electrons. The van der Waals surface area contributed by atoms with E-state index in [4.69, 9.17) is 11.6 Å². The summed E-state index contributed by atoms with van der Waals surface area (Å²) in [7, 11) is -4.09. The molecule has 7 heteroatoms. The van der Waals surface area contributed by atoms with E-state index < -0.39 is 7.25 Å². The Morgan fingerprint density at radius 1 is 1.23 bits per heavy atom. The summed E-state index contributed by atoms with van der Waals surface area (Å²) in [5.74, 6) is 0. The highest BCUT2D eigenvalue weighted by Crippen LogP contribution is 2.06. The van der Waals surface area contributed by atoms with Gasteiger partial charge in [-0.25, -0.2) is 0 Å². The van der Waals surface area contributed by atoms with Crippen molar-refractivity contribution in [3.8, 4) is 0 Å². The number of hydrogen-bond acceptors (Lipinski definition) is 0. The van der Waals surface area contributed by atoms with Gasteiger partial charge in [0.1, 0.15) is 7.05 Å².